The third-order valence-corrected chi connectivity index (χ3v) is 7.86. The van der Waals surface area contributed by atoms with Crippen molar-refractivity contribution in [2.75, 3.05) is 17.3 Å². The first kappa shape index (κ1) is 30.1. The van der Waals surface area contributed by atoms with E-state index in [-0.39, 0.29) is 24.3 Å². The number of fused-ring (bicyclic) bond motifs is 1. The van der Waals surface area contributed by atoms with Crippen molar-refractivity contribution in [3.8, 4) is 11.5 Å². The van der Waals surface area contributed by atoms with Crippen LogP contribution in [0.3, 0.4) is 0 Å². The fourth-order valence-corrected chi connectivity index (χ4v) is 5.65. The maximum Gasteiger partial charge on any atom is 0.232 e. The third-order valence-electron chi connectivity index (χ3n) is 7.61. The molecule has 4 aromatic carbocycles. The van der Waals surface area contributed by atoms with Gasteiger partial charge in [-0.05, 0) is 97.1 Å². The van der Waals surface area contributed by atoms with Gasteiger partial charge in [-0.25, -0.2) is 0 Å². The fraction of sp³-hybridized carbons (Fsp3) is 0.257. The van der Waals surface area contributed by atoms with Gasteiger partial charge >= 0.3 is 0 Å². The summed E-state index contributed by atoms with van der Waals surface area (Å²) in [6, 6.07) is 25.4. The van der Waals surface area contributed by atoms with Gasteiger partial charge in [-0.3, -0.25) is 9.59 Å². The highest BCUT2D eigenvalue weighted by molar-refractivity contribution is 6.30. The van der Waals surface area contributed by atoms with Gasteiger partial charge in [0.1, 0.15) is 5.60 Å². The Hall–Kier alpha value is -4.33. The molecule has 222 valence electrons. The molecular formula is C35H35ClN2O5. The van der Waals surface area contributed by atoms with Crippen molar-refractivity contribution in [3.05, 3.63) is 118 Å². The first-order valence-electron chi connectivity index (χ1n) is 14.1. The molecule has 1 heterocycles. The van der Waals surface area contributed by atoms with E-state index in [2.05, 4.69) is 5.32 Å². The number of anilines is 2. The molecular weight excluding hydrogens is 564 g/mol. The van der Waals surface area contributed by atoms with Crippen molar-refractivity contribution in [3.63, 3.8) is 0 Å². The number of benzene rings is 4. The number of amides is 2. The number of carbonyl (C=O) groups is 2. The highest BCUT2D eigenvalue weighted by atomic mass is 35.5. The maximum atomic E-state index is 13.8. The molecule has 0 saturated heterocycles. The first-order valence-corrected chi connectivity index (χ1v) is 14.5. The molecule has 4 aromatic rings. The predicted octanol–water partition coefficient (Wildman–Crippen LogP) is 7.03. The number of rotatable bonds is 8. The van der Waals surface area contributed by atoms with Crippen molar-refractivity contribution >= 4 is 34.8 Å². The Bertz CT molecular complexity index is 1630. The van der Waals surface area contributed by atoms with E-state index < -0.39 is 11.6 Å². The van der Waals surface area contributed by atoms with Gasteiger partial charge in [0.05, 0.1) is 25.7 Å². The van der Waals surface area contributed by atoms with E-state index in [4.69, 9.17) is 21.1 Å². The van der Waals surface area contributed by atoms with Crippen LogP contribution in [0.1, 0.15) is 61.6 Å². The average Bonchev–Trinajstić information content (AvgIpc) is 2.97. The molecule has 2 amide bonds. The van der Waals surface area contributed by atoms with Crippen molar-refractivity contribution in [1.82, 2.24) is 0 Å². The Labute approximate surface area is 257 Å². The second kappa shape index (κ2) is 12.1. The van der Waals surface area contributed by atoms with Crippen molar-refractivity contribution in [2.24, 2.45) is 0 Å². The maximum absolute atomic E-state index is 13.8. The van der Waals surface area contributed by atoms with Crippen LogP contribution in [-0.4, -0.2) is 30.1 Å². The van der Waals surface area contributed by atoms with Gasteiger partial charge in [0.2, 0.25) is 11.8 Å². The summed E-state index contributed by atoms with van der Waals surface area (Å²) in [6.07, 6.45) is 0.127. The Morgan fingerprint density at radius 1 is 0.977 bits per heavy atom. The number of methoxy groups -OCH3 is 1. The lowest BCUT2D eigenvalue weighted by molar-refractivity contribution is -0.118. The zero-order valence-corrected chi connectivity index (χ0v) is 25.6. The Kier molecular flexibility index (Phi) is 8.49. The molecule has 1 aliphatic rings. The summed E-state index contributed by atoms with van der Waals surface area (Å²) in [6.45, 7) is 7.08. The molecule has 2 atom stereocenters. The number of ether oxygens (including phenoxy) is 2. The lowest BCUT2D eigenvalue weighted by Gasteiger charge is -2.38. The van der Waals surface area contributed by atoms with E-state index in [1.165, 1.54) is 6.92 Å². The molecule has 0 aliphatic carbocycles. The zero-order chi connectivity index (χ0) is 30.9. The number of aliphatic hydroxyl groups is 1. The summed E-state index contributed by atoms with van der Waals surface area (Å²) >= 11 is 6.24. The monoisotopic (exact) mass is 598 g/mol. The molecule has 8 heteroatoms. The van der Waals surface area contributed by atoms with Crippen LogP contribution in [0, 0.1) is 0 Å². The smallest absolute Gasteiger partial charge is 0.232 e. The van der Waals surface area contributed by atoms with Gasteiger partial charge in [-0.2, -0.15) is 0 Å². The molecule has 43 heavy (non-hydrogen) atoms. The van der Waals surface area contributed by atoms with Crippen LogP contribution in [-0.2, 0) is 21.6 Å². The molecule has 0 saturated carbocycles. The normalized spacial score (nSPS) is 16.0. The van der Waals surface area contributed by atoms with Crippen LogP contribution >= 0.6 is 11.6 Å². The fourth-order valence-electron chi connectivity index (χ4n) is 5.52. The molecule has 0 aromatic heterocycles. The van der Waals surface area contributed by atoms with Gasteiger partial charge < -0.3 is 24.8 Å². The molecule has 0 bridgehead atoms. The average molecular weight is 599 g/mol. The standard InChI is InChI=1S/C35H35ClN2O5/c1-21(2)43-32-20-30-24(18-31(32)42-5)19-33(40)38(34(30)23-6-12-27(36)13-7-23)29-16-10-26(11-17-29)35(4,41)25-8-14-28(15-9-25)37-22(3)39/h6-18,20-21,34,41H,19H2,1-5H3,(H,37,39)/t34-,35?/m0/s1. The molecule has 2 N–H and O–H groups in total. The van der Waals surface area contributed by atoms with Crippen LogP contribution in [0.2, 0.25) is 5.02 Å². The lowest BCUT2D eigenvalue weighted by Crippen LogP contribution is -2.41. The summed E-state index contributed by atoms with van der Waals surface area (Å²) in [5.74, 6) is 0.963. The molecule has 1 unspecified atom stereocenters. The van der Waals surface area contributed by atoms with Crippen molar-refractivity contribution < 1.29 is 24.2 Å². The van der Waals surface area contributed by atoms with E-state index in [0.29, 0.717) is 39.0 Å². The molecule has 0 radical (unpaired) electrons. The minimum atomic E-state index is -1.30. The second-order valence-electron chi connectivity index (χ2n) is 11.1. The summed E-state index contributed by atoms with van der Waals surface area (Å²) < 4.78 is 11.7. The van der Waals surface area contributed by atoms with Crippen LogP contribution < -0.4 is 19.7 Å². The summed E-state index contributed by atoms with van der Waals surface area (Å²) in [4.78, 5) is 27.0. The Morgan fingerprint density at radius 2 is 1.58 bits per heavy atom. The number of carbonyl (C=O) groups excluding carboxylic acids is 2. The SMILES string of the molecule is COc1cc2c(cc1OC(C)C)[C@H](c1ccc(Cl)cc1)N(c1ccc(C(C)(O)c3ccc(NC(C)=O)cc3)cc1)C(=O)C2. The Morgan fingerprint density at radius 3 is 2.14 bits per heavy atom. The first-order chi connectivity index (χ1) is 20.5. The number of nitrogens with zero attached hydrogens (tertiary/aromatic N) is 1. The molecule has 0 fully saturated rings. The van der Waals surface area contributed by atoms with E-state index >= 15 is 0 Å². The van der Waals surface area contributed by atoms with Gasteiger partial charge in [0.15, 0.2) is 11.5 Å². The van der Waals surface area contributed by atoms with Crippen LogP contribution in [0.4, 0.5) is 11.4 Å². The molecule has 0 spiro atoms. The van der Waals surface area contributed by atoms with Crippen LogP contribution in [0.5, 0.6) is 11.5 Å². The summed E-state index contributed by atoms with van der Waals surface area (Å²) in [5.41, 5.74) is 4.08. The van der Waals surface area contributed by atoms with Crippen molar-refractivity contribution in [1.29, 1.82) is 0 Å². The number of halogens is 1. The van der Waals surface area contributed by atoms with Gasteiger partial charge in [0.25, 0.3) is 0 Å². The van der Waals surface area contributed by atoms with Gasteiger partial charge in [0, 0.05) is 23.3 Å². The molecule has 7 nitrogen and oxygen atoms in total. The third kappa shape index (κ3) is 6.24. The van der Waals surface area contributed by atoms with Gasteiger partial charge in [-0.1, -0.05) is 48.0 Å². The minimum absolute atomic E-state index is 0.0656. The molecule has 1 aliphatic heterocycles. The van der Waals surface area contributed by atoms with E-state index in [0.717, 1.165) is 16.7 Å². The Balaban J connectivity index is 1.55. The van der Waals surface area contributed by atoms with Crippen LogP contribution in [0.25, 0.3) is 0 Å². The highest BCUT2D eigenvalue weighted by Gasteiger charge is 2.36. The summed E-state index contributed by atoms with van der Waals surface area (Å²) in [5, 5.41) is 14.9. The highest BCUT2D eigenvalue weighted by Crippen LogP contribution is 2.44. The van der Waals surface area contributed by atoms with Gasteiger partial charge in [-0.15, -0.1) is 0 Å². The quantitative estimate of drug-likeness (QED) is 0.227. The minimum Gasteiger partial charge on any atom is -0.493 e. The summed E-state index contributed by atoms with van der Waals surface area (Å²) in [7, 11) is 1.59. The topological polar surface area (TPSA) is 88.1 Å². The number of nitrogens with one attached hydrogen (secondary N) is 1. The number of hydrogen-bond donors (Lipinski definition) is 2. The van der Waals surface area contributed by atoms with E-state index in [1.807, 2.05) is 74.5 Å². The van der Waals surface area contributed by atoms with Crippen LogP contribution in [0.15, 0.2) is 84.9 Å². The van der Waals surface area contributed by atoms with E-state index in [9.17, 15) is 14.7 Å². The number of hydrogen-bond acceptors (Lipinski definition) is 5. The zero-order valence-electron chi connectivity index (χ0n) is 24.9. The second-order valence-corrected chi connectivity index (χ2v) is 11.6. The van der Waals surface area contributed by atoms with E-state index in [1.54, 1.807) is 43.2 Å². The lowest BCUT2D eigenvalue weighted by atomic mass is 9.86. The van der Waals surface area contributed by atoms with Crippen molar-refractivity contribution in [2.45, 2.75) is 51.9 Å². The largest absolute Gasteiger partial charge is 0.493 e. The molecule has 5 rings (SSSR count). The predicted molar refractivity (Wildman–Crippen MR) is 169 cm³/mol.